The Kier molecular flexibility index (Phi) is 5.33. The predicted molar refractivity (Wildman–Crippen MR) is 91.1 cm³/mol. The number of amides is 1. The Balaban J connectivity index is 2.07. The Bertz CT molecular complexity index is 701. The van der Waals surface area contributed by atoms with Crippen molar-refractivity contribution in [1.29, 1.82) is 0 Å². The van der Waals surface area contributed by atoms with Crippen LogP contribution in [0.5, 0.6) is 5.75 Å². The van der Waals surface area contributed by atoms with Crippen LogP contribution < -0.4 is 10.1 Å². The van der Waals surface area contributed by atoms with Crippen LogP contribution in [0.15, 0.2) is 36.4 Å². The molecule has 22 heavy (non-hydrogen) atoms. The van der Waals surface area contributed by atoms with Crippen molar-refractivity contribution in [1.82, 2.24) is 0 Å². The summed E-state index contributed by atoms with van der Waals surface area (Å²) < 4.78 is 5.70. The number of hydrogen-bond donors (Lipinski definition) is 1. The lowest BCUT2D eigenvalue weighted by Gasteiger charge is -2.17. The lowest BCUT2D eigenvalue weighted by molar-refractivity contribution is -0.122. The molecule has 5 heteroatoms. The van der Waals surface area contributed by atoms with Gasteiger partial charge in [0.05, 0.1) is 0 Å². The quantitative estimate of drug-likeness (QED) is 0.850. The minimum absolute atomic E-state index is 0.236. The number of benzene rings is 2. The topological polar surface area (TPSA) is 38.3 Å². The van der Waals surface area contributed by atoms with E-state index in [0.29, 0.717) is 21.5 Å². The molecule has 0 aliphatic heterocycles. The van der Waals surface area contributed by atoms with Crippen LogP contribution in [-0.2, 0) is 4.79 Å². The van der Waals surface area contributed by atoms with E-state index in [1.807, 2.05) is 19.9 Å². The Morgan fingerprint density at radius 1 is 1.05 bits per heavy atom. The van der Waals surface area contributed by atoms with Crippen molar-refractivity contribution >= 4 is 34.8 Å². The second-order valence-corrected chi connectivity index (χ2v) is 5.99. The van der Waals surface area contributed by atoms with Crippen LogP contribution in [0.3, 0.4) is 0 Å². The normalized spacial score (nSPS) is 11.9. The highest BCUT2D eigenvalue weighted by Crippen LogP contribution is 2.24. The Hall–Kier alpha value is -1.71. The smallest absolute Gasteiger partial charge is 0.265 e. The Morgan fingerprint density at radius 2 is 1.68 bits per heavy atom. The maximum absolute atomic E-state index is 12.3. The van der Waals surface area contributed by atoms with Gasteiger partial charge in [-0.05, 0) is 62.2 Å². The van der Waals surface area contributed by atoms with Crippen molar-refractivity contribution in [3.63, 3.8) is 0 Å². The van der Waals surface area contributed by atoms with Gasteiger partial charge in [0.2, 0.25) is 0 Å². The van der Waals surface area contributed by atoms with Gasteiger partial charge in [-0.25, -0.2) is 0 Å². The monoisotopic (exact) mass is 337 g/mol. The van der Waals surface area contributed by atoms with Crippen molar-refractivity contribution < 1.29 is 9.53 Å². The van der Waals surface area contributed by atoms with Crippen molar-refractivity contribution in [3.8, 4) is 5.75 Å². The van der Waals surface area contributed by atoms with Crippen LogP contribution in [0, 0.1) is 13.8 Å². The minimum Gasteiger partial charge on any atom is -0.481 e. The molecule has 1 amide bonds. The summed E-state index contributed by atoms with van der Waals surface area (Å²) in [5.74, 6) is 0.398. The molecule has 0 aromatic heterocycles. The molecule has 0 bridgehead atoms. The Morgan fingerprint density at radius 3 is 2.36 bits per heavy atom. The van der Waals surface area contributed by atoms with E-state index in [1.165, 1.54) is 0 Å². The number of nitrogens with one attached hydrogen (secondary N) is 1. The van der Waals surface area contributed by atoms with Crippen molar-refractivity contribution in [2.45, 2.75) is 26.9 Å². The van der Waals surface area contributed by atoms with Gasteiger partial charge in [-0.15, -0.1) is 0 Å². The third kappa shape index (κ3) is 4.15. The van der Waals surface area contributed by atoms with E-state index in [1.54, 1.807) is 37.3 Å². The highest BCUT2D eigenvalue weighted by atomic mass is 35.5. The molecule has 2 aromatic rings. The molecular formula is C17H17Cl2NO2. The van der Waals surface area contributed by atoms with Crippen LogP contribution in [0.2, 0.25) is 10.0 Å². The average Bonchev–Trinajstić information content (AvgIpc) is 2.45. The lowest BCUT2D eigenvalue weighted by atomic mass is 10.2. The molecular weight excluding hydrogens is 321 g/mol. The fourth-order valence-electron chi connectivity index (χ4n) is 1.95. The summed E-state index contributed by atoms with van der Waals surface area (Å²) in [5, 5.41) is 4.04. The van der Waals surface area contributed by atoms with E-state index in [2.05, 4.69) is 5.32 Å². The molecule has 0 spiro atoms. The molecule has 2 rings (SSSR count). The van der Waals surface area contributed by atoms with Crippen LogP contribution in [0.1, 0.15) is 18.1 Å². The third-order valence-corrected chi connectivity index (χ3v) is 3.74. The number of rotatable bonds is 4. The zero-order valence-electron chi connectivity index (χ0n) is 12.6. The van der Waals surface area contributed by atoms with Crippen molar-refractivity contribution in [2.75, 3.05) is 5.32 Å². The summed E-state index contributed by atoms with van der Waals surface area (Å²) in [6, 6.07) is 10.6. The molecule has 0 fully saturated rings. The summed E-state index contributed by atoms with van der Waals surface area (Å²) in [6.45, 7) is 5.48. The maximum Gasteiger partial charge on any atom is 0.265 e. The van der Waals surface area contributed by atoms with Gasteiger partial charge >= 0.3 is 0 Å². The largest absolute Gasteiger partial charge is 0.481 e. The van der Waals surface area contributed by atoms with Gasteiger partial charge < -0.3 is 10.1 Å². The number of ether oxygens (including phenoxy) is 1. The van der Waals surface area contributed by atoms with Gasteiger partial charge in [-0.3, -0.25) is 4.79 Å². The highest BCUT2D eigenvalue weighted by Gasteiger charge is 2.17. The average molecular weight is 338 g/mol. The number of aryl methyl sites for hydroxylation is 2. The number of halogens is 2. The van der Waals surface area contributed by atoms with Gasteiger partial charge in [-0.2, -0.15) is 0 Å². The molecule has 1 N–H and O–H groups in total. The molecule has 3 nitrogen and oxygen atoms in total. The number of hydrogen-bond acceptors (Lipinski definition) is 2. The number of carbonyl (C=O) groups is 1. The van der Waals surface area contributed by atoms with E-state index in [-0.39, 0.29) is 5.91 Å². The van der Waals surface area contributed by atoms with E-state index >= 15 is 0 Å². The zero-order valence-corrected chi connectivity index (χ0v) is 14.1. The molecule has 2 aromatic carbocycles. The molecule has 0 aliphatic rings. The fourth-order valence-corrected chi connectivity index (χ4v) is 2.35. The minimum atomic E-state index is -0.641. The zero-order chi connectivity index (χ0) is 16.3. The standard InChI is InChI=1S/C17H17Cl2NO2/c1-10-4-5-14(19)9-15(10)20-17(21)12(3)22-16-7-6-13(18)8-11(16)2/h4-9,12H,1-3H3,(H,20,21). The number of anilines is 1. The summed E-state index contributed by atoms with van der Waals surface area (Å²) in [4.78, 5) is 12.3. The molecule has 0 radical (unpaired) electrons. The SMILES string of the molecule is Cc1ccc(Cl)cc1NC(=O)C(C)Oc1ccc(Cl)cc1C. The van der Waals surface area contributed by atoms with Gasteiger partial charge in [0.25, 0.3) is 5.91 Å². The highest BCUT2D eigenvalue weighted by molar-refractivity contribution is 6.31. The first-order valence-electron chi connectivity index (χ1n) is 6.86. The molecule has 0 aliphatic carbocycles. The van der Waals surface area contributed by atoms with Gasteiger partial charge in [0, 0.05) is 15.7 Å². The third-order valence-electron chi connectivity index (χ3n) is 3.27. The molecule has 0 saturated carbocycles. The van der Waals surface area contributed by atoms with Gasteiger partial charge in [0.15, 0.2) is 6.10 Å². The Labute approximate surface area is 140 Å². The van der Waals surface area contributed by atoms with Crippen LogP contribution >= 0.6 is 23.2 Å². The van der Waals surface area contributed by atoms with E-state index < -0.39 is 6.10 Å². The summed E-state index contributed by atoms with van der Waals surface area (Å²) >= 11 is 11.9. The summed E-state index contributed by atoms with van der Waals surface area (Å²) in [7, 11) is 0. The van der Waals surface area contributed by atoms with Crippen molar-refractivity contribution in [2.24, 2.45) is 0 Å². The first-order valence-corrected chi connectivity index (χ1v) is 7.62. The first-order chi connectivity index (χ1) is 10.4. The van der Waals surface area contributed by atoms with Gasteiger partial charge in [0.1, 0.15) is 5.75 Å². The van der Waals surface area contributed by atoms with E-state index in [0.717, 1.165) is 11.1 Å². The first kappa shape index (κ1) is 16.7. The summed E-state index contributed by atoms with van der Waals surface area (Å²) in [6.07, 6.45) is -0.641. The molecule has 0 saturated heterocycles. The van der Waals surface area contributed by atoms with Crippen LogP contribution in [0.25, 0.3) is 0 Å². The van der Waals surface area contributed by atoms with E-state index in [4.69, 9.17) is 27.9 Å². The molecule has 1 unspecified atom stereocenters. The number of carbonyl (C=O) groups excluding carboxylic acids is 1. The predicted octanol–water partition coefficient (Wildman–Crippen LogP) is 5.02. The van der Waals surface area contributed by atoms with Crippen molar-refractivity contribution in [3.05, 3.63) is 57.6 Å². The van der Waals surface area contributed by atoms with Crippen LogP contribution in [0.4, 0.5) is 5.69 Å². The molecule has 1 atom stereocenters. The molecule has 116 valence electrons. The summed E-state index contributed by atoms with van der Waals surface area (Å²) in [5.41, 5.74) is 2.50. The maximum atomic E-state index is 12.3. The van der Waals surface area contributed by atoms with Crippen LogP contribution in [-0.4, -0.2) is 12.0 Å². The van der Waals surface area contributed by atoms with Gasteiger partial charge in [-0.1, -0.05) is 29.3 Å². The fraction of sp³-hybridized carbons (Fsp3) is 0.235. The second-order valence-electron chi connectivity index (χ2n) is 5.12. The molecule has 0 heterocycles. The van der Waals surface area contributed by atoms with E-state index in [9.17, 15) is 4.79 Å². The lowest BCUT2D eigenvalue weighted by Crippen LogP contribution is -2.30. The second kappa shape index (κ2) is 7.03.